The van der Waals surface area contributed by atoms with Crippen molar-refractivity contribution in [2.75, 3.05) is 0 Å². The Balaban J connectivity index is 0.00000253. The largest absolute Gasteiger partial charge is 1.00 e. The van der Waals surface area contributed by atoms with E-state index in [1.807, 2.05) is 0 Å². The average Bonchev–Trinajstić information content (AvgIpc) is 3.26. The molecule has 2 aromatic rings. The molecular weight excluding hydrogens is 583 g/mol. The Kier molecular flexibility index (Phi) is 10.0. The molecule has 0 saturated carbocycles. The van der Waals surface area contributed by atoms with Crippen LogP contribution in [-0.4, -0.2) is 0 Å². The van der Waals surface area contributed by atoms with Crippen molar-refractivity contribution in [3.63, 3.8) is 0 Å². The standard InChI is InChI=1S/C35H47.2ClH.Zr/c1-13-14-23-16-25(33(4,5)6)18-27(23)32-22(3)31(35(10,11)12)20-28-26-19-30(34(7,8)9)21(2)15-24(26)17-29(28)32;;;/h15-20,23H,13-14H2,1-12H3;2*1H;/q;;;+2/p-2. The summed E-state index contributed by atoms with van der Waals surface area (Å²) in [7, 11) is 0. The number of fused-ring (bicyclic) bond motifs is 3. The number of aryl methyl sites for hydroxylation is 1. The van der Waals surface area contributed by atoms with E-state index in [4.69, 9.17) is 0 Å². The maximum Gasteiger partial charge on any atom is -1.00 e. The molecule has 0 N–H and O–H groups in total. The fourth-order valence-corrected chi connectivity index (χ4v) is 7.87. The molecule has 2 aliphatic rings. The Bertz CT molecular complexity index is 1270. The van der Waals surface area contributed by atoms with Crippen LogP contribution in [0.2, 0.25) is 0 Å². The minimum atomic E-state index is 0. The van der Waals surface area contributed by atoms with E-state index in [1.165, 1.54) is 51.8 Å². The van der Waals surface area contributed by atoms with Crippen molar-refractivity contribution in [2.45, 2.75) is 110 Å². The van der Waals surface area contributed by atoms with E-state index in [-0.39, 0.29) is 41.1 Å². The predicted octanol–water partition coefficient (Wildman–Crippen LogP) is 4.31. The third-order valence-electron chi connectivity index (χ3n) is 8.38. The maximum absolute atomic E-state index is 2.59. The number of hydrogen-bond donors (Lipinski definition) is 0. The molecule has 0 radical (unpaired) electrons. The molecule has 0 fully saturated rings. The number of allylic oxidation sites excluding steroid dienone is 4. The first-order chi connectivity index (χ1) is 16.5. The summed E-state index contributed by atoms with van der Waals surface area (Å²) in [5.74, 6) is 0.515. The van der Waals surface area contributed by atoms with Crippen LogP contribution in [0.25, 0.3) is 16.7 Å². The fourth-order valence-electron chi connectivity index (χ4n) is 6.54. The van der Waals surface area contributed by atoms with Gasteiger partial charge in [-0.1, -0.05) is 0 Å². The van der Waals surface area contributed by atoms with Crippen LogP contribution in [0, 0.1) is 25.2 Å². The zero-order valence-electron chi connectivity index (χ0n) is 25.7. The average molecular weight is 630 g/mol. The fraction of sp³-hybridized carbons (Fsp3) is 0.543. The van der Waals surface area contributed by atoms with E-state index in [9.17, 15) is 0 Å². The number of halogens is 2. The first kappa shape index (κ1) is 33.6. The summed E-state index contributed by atoms with van der Waals surface area (Å²) in [6.45, 7) is 28.4. The summed E-state index contributed by atoms with van der Waals surface area (Å²) in [6, 6.07) is 7.64. The van der Waals surface area contributed by atoms with Gasteiger partial charge in [0.15, 0.2) is 0 Å². The van der Waals surface area contributed by atoms with Crippen molar-refractivity contribution in [2.24, 2.45) is 11.3 Å². The van der Waals surface area contributed by atoms with Gasteiger partial charge in [-0.15, -0.1) is 0 Å². The third kappa shape index (κ3) is 5.87. The van der Waals surface area contributed by atoms with Gasteiger partial charge in [0.1, 0.15) is 0 Å². The molecule has 2 aromatic carbocycles. The normalized spacial score (nSPS) is 18.8. The van der Waals surface area contributed by atoms with Crippen LogP contribution in [-0.2, 0) is 35.5 Å². The van der Waals surface area contributed by atoms with E-state index < -0.39 is 0 Å². The van der Waals surface area contributed by atoms with Crippen molar-refractivity contribution in [1.82, 2.24) is 0 Å². The summed E-state index contributed by atoms with van der Waals surface area (Å²) in [5, 5.41) is 0. The van der Waals surface area contributed by atoms with E-state index >= 15 is 0 Å². The summed E-state index contributed by atoms with van der Waals surface area (Å²) >= 11 is 1.60. The third-order valence-corrected chi connectivity index (χ3v) is 9.85. The van der Waals surface area contributed by atoms with Gasteiger partial charge < -0.3 is 24.8 Å². The quantitative estimate of drug-likeness (QED) is 0.475. The Morgan fingerprint density at radius 2 is 1.32 bits per heavy atom. The molecule has 38 heavy (non-hydrogen) atoms. The van der Waals surface area contributed by atoms with Gasteiger partial charge in [0.05, 0.1) is 0 Å². The van der Waals surface area contributed by atoms with Crippen LogP contribution < -0.4 is 24.8 Å². The van der Waals surface area contributed by atoms with E-state index in [0.29, 0.717) is 9.54 Å². The Labute approximate surface area is 261 Å². The smallest absolute Gasteiger partial charge is 1.00 e. The molecule has 205 valence electrons. The van der Waals surface area contributed by atoms with Gasteiger partial charge in [0.2, 0.25) is 0 Å². The van der Waals surface area contributed by atoms with Crippen molar-refractivity contribution in [3.8, 4) is 11.1 Å². The molecule has 2 aliphatic carbocycles. The molecule has 0 spiro atoms. The molecule has 3 heteroatoms. The van der Waals surface area contributed by atoms with E-state index in [0.717, 1.165) is 0 Å². The zero-order valence-corrected chi connectivity index (χ0v) is 29.7. The molecule has 0 saturated heterocycles. The first-order valence-corrected chi connectivity index (χ1v) is 15.4. The van der Waals surface area contributed by atoms with Crippen molar-refractivity contribution in [3.05, 3.63) is 74.9 Å². The molecule has 0 aromatic heterocycles. The van der Waals surface area contributed by atoms with Gasteiger partial charge in [-0.2, -0.15) is 0 Å². The molecule has 0 amide bonds. The summed E-state index contributed by atoms with van der Waals surface area (Å²) in [4.78, 5) is 0. The van der Waals surface area contributed by atoms with Crippen molar-refractivity contribution in [1.29, 1.82) is 0 Å². The SMILES string of the molecule is CCCC1C=C(C(C)(C)C)C=C1c1c(C)c(C(C)(C)C)cc2c1[CH]([Zr+2])c1cc(C)c(C(C)(C)C)cc1-2.[Cl-].[Cl-]. The van der Waals surface area contributed by atoms with Crippen LogP contribution in [0.3, 0.4) is 0 Å². The summed E-state index contributed by atoms with van der Waals surface area (Å²) < 4.78 is 0.500. The second-order valence-corrected chi connectivity index (χ2v) is 15.9. The molecule has 0 aliphatic heterocycles. The Morgan fingerprint density at radius 3 is 1.82 bits per heavy atom. The number of hydrogen-bond acceptors (Lipinski definition) is 0. The summed E-state index contributed by atoms with van der Waals surface area (Å²) in [6.07, 6.45) is 7.61. The van der Waals surface area contributed by atoms with Gasteiger partial charge in [0.25, 0.3) is 0 Å². The number of benzene rings is 2. The predicted molar refractivity (Wildman–Crippen MR) is 155 cm³/mol. The van der Waals surface area contributed by atoms with Crippen LogP contribution in [0.1, 0.15) is 125 Å². The zero-order chi connectivity index (χ0) is 27.0. The first-order valence-electron chi connectivity index (χ1n) is 14.0. The Hall–Kier alpha value is -0.617. The summed E-state index contributed by atoms with van der Waals surface area (Å²) in [5.41, 5.74) is 17.2. The molecular formula is C35H47Cl2Zr. The Morgan fingerprint density at radius 1 is 0.763 bits per heavy atom. The van der Waals surface area contributed by atoms with Crippen molar-refractivity contribution < 1.29 is 49.5 Å². The number of rotatable bonds is 3. The molecule has 4 rings (SSSR count). The van der Waals surface area contributed by atoms with Gasteiger partial charge in [-0.05, 0) is 0 Å². The van der Waals surface area contributed by atoms with Crippen LogP contribution in [0.15, 0.2) is 35.9 Å². The van der Waals surface area contributed by atoms with Crippen LogP contribution in [0.5, 0.6) is 0 Å². The minimum absolute atomic E-state index is 0. The topological polar surface area (TPSA) is 0 Å². The molecule has 0 bridgehead atoms. The minimum Gasteiger partial charge on any atom is -1.00 e. The van der Waals surface area contributed by atoms with Gasteiger partial charge in [0, 0.05) is 0 Å². The molecule has 2 unspecified atom stereocenters. The van der Waals surface area contributed by atoms with Crippen LogP contribution in [0.4, 0.5) is 0 Å². The van der Waals surface area contributed by atoms with Gasteiger partial charge in [-0.25, -0.2) is 0 Å². The van der Waals surface area contributed by atoms with Gasteiger partial charge >= 0.3 is 238 Å². The second kappa shape index (κ2) is 11.3. The van der Waals surface area contributed by atoms with Gasteiger partial charge in [-0.3, -0.25) is 0 Å². The second-order valence-electron chi connectivity index (χ2n) is 14.4. The molecule has 2 atom stereocenters. The van der Waals surface area contributed by atoms with Crippen molar-refractivity contribution >= 4 is 5.57 Å². The van der Waals surface area contributed by atoms with E-state index in [1.54, 1.807) is 47.0 Å². The van der Waals surface area contributed by atoms with Crippen LogP contribution >= 0.6 is 0 Å². The van der Waals surface area contributed by atoms with E-state index in [2.05, 4.69) is 113 Å². The monoisotopic (exact) mass is 627 g/mol. The molecule has 0 nitrogen and oxygen atoms in total. The molecule has 0 heterocycles. The maximum atomic E-state index is 2.59.